The van der Waals surface area contributed by atoms with Crippen molar-refractivity contribution in [1.29, 1.82) is 0 Å². The summed E-state index contributed by atoms with van der Waals surface area (Å²) in [4.78, 5) is 32.6. The van der Waals surface area contributed by atoms with Crippen molar-refractivity contribution in [3.63, 3.8) is 0 Å². The van der Waals surface area contributed by atoms with Crippen LogP contribution in [0.3, 0.4) is 0 Å². The number of halogens is 2. The lowest BCUT2D eigenvalue weighted by Gasteiger charge is -2.35. The van der Waals surface area contributed by atoms with Crippen molar-refractivity contribution in [1.82, 2.24) is 9.88 Å². The highest BCUT2D eigenvalue weighted by atomic mass is 35.5. The number of benzene rings is 2. The van der Waals surface area contributed by atoms with E-state index in [2.05, 4.69) is 34.4 Å². The van der Waals surface area contributed by atoms with E-state index in [1.54, 1.807) is 24.3 Å². The molecule has 1 aromatic heterocycles. The van der Waals surface area contributed by atoms with Gasteiger partial charge in [-0.05, 0) is 74.0 Å². The molecule has 2 aromatic carbocycles. The zero-order chi connectivity index (χ0) is 25.7. The molecule has 1 aliphatic heterocycles. The number of pyridine rings is 1. The summed E-state index contributed by atoms with van der Waals surface area (Å²) in [5.74, 6) is -0.418. The normalized spacial score (nSPS) is 14.3. The maximum Gasteiger partial charge on any atom is 0.258 e. The van der Waals surface area contributed by atoms with Gasteiger partial charge in [0, 0.05) is 28.7 Å². The highest BCUT2D eigenvalue weighted by Crippen LogP contribution is 2.27. The van der Waals surface area contributed by atoms with E-state index in [-0.39, 0.29) is 16.9 Å². The van der Waals surface area contributed by atoms with Crippen molar-refractivity contribution >= 4 is 46.5 Å². The number of anilines is 2. The van der Waals surface area contributed by atoms with E-state index >= 15 is 0 Å². The van der Waals surface area contributed by atoms with Crippen LogP contribution in [0.15, 0.2) is 60.8 Å². The van der Waals surface area contributed by atoms with Gasteiger partial charge in [-0.15, -0.1) is 0 Å². The zero-order valence-electron chi connectivity index (χ0n) is 20.5. The van der Waals surface area contributed by atoms with Crippen molar-refractivity contribution in [2.24, 2.45) is 0 Å². The first kappa shape index (κ1) is 26.1. The fourth-order valence-electron chi connectivity index (χ4n) is 4.48. The smallest absolute Gasteiger partial charge is 0.258 e. The Labute approximate surface area is 222 Å². The molecule has 4 rings (SSSR count). The SMILES string of the molecule is CC(C)(CN1CCCCC1)c1ccc(C(=O)Nc2ccc(Cl)cc2C(=O)Nc2ccc(Cl)cn2)cc1. The monoisotopic (exact) mass is 524 g/mol. The third-order valence-electron chi connectivity index (χ3n) is 6.44. The number of aromatic nitrogens is 1. The Hall–Kier alpha value is -2.93. The van der Waals surface area contributed by atoms with Gasteiger partial charge in [0.1, 0.15) is 5.82 Å². The average molecular weight is 525 g/mol. The van der Waals surface area contributed by atoms with Gasteiger partial charge in [-0.2, -0.15) is 0 Å². The van der Waals surface area contributed by atoms with E-state index in [0.29, 0.717) is 27.1 Å². The van der Waals surface area contributed by atoms with Gasteiger partial charge in [0.15, 0.2) is 0 Å². The van der Waals surface area contributed by atoms with Crippen LogP contribution >= 0.6 is 23.2 Å². The Balaban J connectivity index is 1.46. The van der Waals surface area contributed by atoms with Gasteiger partial charge >= 0.3 is 0 Å². The molecule has 3 aromatic rings. The minimum atomic E-state index is -0.447. The minimum absolute atomic E-state index is 0.0243. The van der Waals surface area contributed by atoms with Gasteiger partial charge < -0.3 is 15.5 Å². The Morgan fingerprint density at radius 2 is 1.58 bits per heavy atom. The second kappa shape index (κ2) is 11.4. The Morgan fingerprint density at radius 1 is 0.889 bits per heavy atom. The quantitative estimate of drug-likeness (QED) is 0.362. The first-order valence-electron chi connectivity index (χ1n) is 12.1. The van der Waals surface area contributed by atoms with Crippen molar-refractivity contribution in [2.75, 3.05) is 30.3 Å². The number of likely N-dealkylation sites (tertiary alicyclic amines) is 1. The Morgan fingerprint density at radius 3 is 2.25 bits per heavy atom. The minimum Gasteiger partial charge on any atom is -0.321 e. The molecule has 1 saturated heterocycles. The molecular formula is C28H30Cl2N4O2. The largest absolute Gasteiger partial charge is 0.321 e. The van der Waals surface area contributed by atoms with Gasteiger partial charge in [-0.1, -0.05) is 55.6 Å². The van der Waals surface area contributed by atoms with Crippen molar-refractivity contribution < 1.29 is 9.59 Å². The molecule has 36 heavy (non-hydrogen) atoms. The van der Waals surface area contributed by atoms with Crippen molar-refractivity contribution in [2.45, 2.75) is 38.5 Å². The molecule has 0 saturated carbocycles. The predicted molar refractivity (Wildman–Crippen MR) is 146 cm³/mol. The Bertz CT molecular complexity index is 1220. The Kier molecular flexibility index (Phi) is 8.29. The lowest BCUT2D eigenvalue weighted by atomic mass is 9.83. The van der Waals surface area contributed by atoms with Gasteiger partial charge in [0.25, 0.3) is 11.8 Å². The van der Waals surface area contributed by atoms with Gasteiger partial charge in [-0.25, -0.2) is 4.98 Å². The number of piperidine rings is 1. The van der Waals surface area contributed by atoms with Crippen LogP contribution in [0.2, 0.25) is 10.0 Å². The number of nitrogens with one attached hydrogen (secondary N) is 2. The maximum atomic E-state index is 13.0. The number of hydrogen-bond acceptors (Lipinski definition) is 4. The molecule has 0 spiro atoms. The van der Waals surface area contributed by atoms with Crippen LogP contribution in [0, 0.1) is 0 Å². The van der Waals surface area contributed by atoms with Crippen LogP contribution in [0.25, 0.3) is 0 Å². The molecule has 2 amide bonds. The van der Waals surface area contributed by atoms with Crippen LogP contribution in [0.1, 0.15) is 59.4 Å². The molecule has 1 aliphatic rings. The molecule has 0 aliphatic carbocycles. The molecule has 2 heterocycles. The average Bonchev–Trinajstić information content (AvgIpc) is 2.87. The second-order valence-corrected chi connectivity index (χ2v) is 10.6. The van der Waals surface area contributed by atoms with Gasteiger partial charge in [-0.3, -0.25) is 9.59 Å². The molecule has 0 radical (unpaired) electrons. The lowest BCUT2D eigenvalue weighted by molar-refractivity contribution is 0.102. The summed E-state index contributed by atoms with van der Waals surface area (Å²) in [6, 6.07) is 15.7. The molecule has 0 atom stereocenters. The number of amides is 2. The molecule has 1 fully saturated rings. The van der Waals surface area contributed by atoms with Gasteiger partial charge in [0.05, 0.1) is 16.3 Å². The van der Waals surface area contributed by atoms with Crippen LogP contribution < -0.4 is 10.6 Å². The van der Waals surface area contributed by atoms with Crippen LogP contribution in [-0.4, -0.2) is 41.3 Å². The first-order valence-corrected chi connectivity index (χ1v) is 12.8. The number of carbonyl (C=O) groups excluding carboxylic acids is 2. The maximum absolute atomic E-state index is 13.0. The van der Waals surface area contributed by atoms with E-state index in [1.165, 1.54) is 37.1 Å². The molecule has 6 nitrogen and oxygen atoms in total. The highest BCUT2D eigenvalue weighted by Gasteiger charge is 2.25. The zero-order valence-corrected chi connectivity index (χ0v) is 22.0. The summed E-state index contributed by atoms with van der Waals surface area (Å²) in [5, 5.41) is 6.39. The fraction of sp³-hybridized carbons (Fsp3) is 0.321. The van der Waals surface area contributed by atoms with Gasteiger partial charge in [0.2, 0.25) is 0 Å². The molecule has 188 valence electrons. The van der Waals surface area contributed by atoms with E-state index in [4.69, 9.17) is 23.2 Å². The summed E-state index contributed by atoms with van der Waals surface area (Å²) in [7, 11) is 0. The predicted octanol–water partition coefficient (Wildman–Crippen LogP) is 6.66. The summed E-state index contributed by atoms with van der Waals surface area (Å²) in [5.41, 5.74) is 2.25. The molecule has 0 unspecified atom stereocenters. The van der Waals surface area contributed by atoms with Crippen molar-refractivity contribution in [3.05, 3.63) is 87.5 Å². The molecular weight excluding hydrogens is 495 g/mol. The van der Waals surface area contributed by atoms with E-state index in [9.17, 15) is 9.59 Å². The topological polar surface area (TPSA) is 74.3 Å². The molecule has 0 bridgehead atoms. The highest BCUT2D eigenvalue weighted by molar-refractivity contribution is 6.31. The number of carbonyl (C=O) groups is 2. The number of hydrogen-bond donors (Lipinski definition) is 2. The number of nitrogens with zero attached hydrogens (tertiary/aromatic N) is 2. The third-order valence-corrected chi connectivity index (χ3v) is 6.90. The van der Waals surface area contributed by atoms with Crippen LogP contribution in [0.5, 0.6) is 0 Å². The van der Waals surface area contributed by atoms with Crippen molar-refractivity contribution in [3.8, 4) is 0 Å². The summed E-state index contributed by atoms with van der Waals surface area (Å²) < 4.78 is 0. The fourth-order valence-corrected chi connectivity index (χ4v) is 4.77. The summed E-state index contributed by atoms with van der Waals surface area (Å²) >= 11 is 12.0. The third kappa shape index (κ3) is 6.64. The first-order chi connectivity index (χ1) is 17.2. The van der Waals surface area contributed by atoms with E-state index < -0.39 is 5.91 Å². The molecule has 8 heteroatoms. The number of rotatable bonds is 7. The lowest BCUT2D eigenvalue weighted by Crippen LogP contribution is -2.39. The van der Waals surface area contributed by atoms with Crippen LogP contribution in [-0.2, 0) is 5.41 Å². The molecule has 2 N–H and O–H groups in total. The van der Waals surface area contributed by atoms with E-state index in [0.717, 1.165) is 19.6 Å². The summed E-state index contributed by atoms with van der Waals surface area (Å²) in [6.07, 6.45) is 5.28. The summed E-state index contributed by atoms with van der Waals surface area (Å²) in [6.45, 7) is 7.77. The second-order valence-electron chi connectivity index (χ2n) is 9.76. The standard InChI is InChI=1S/C28H30Cl2N4O2/c1-28(2,18-34-14-4-3-5-15-34)20-8-6-19(7-9-20)26(35)32-24-12-10-21(29)16-23(24)27(36)33-25-13-11-22(30)17-31-25/h6-13,16-17H,3-5,14-15,18H2,1-2H3,(H,32,35)(H,31,33,36). The van der Waals surface area contributed by atoms with E-state index in [1.807, 2.05) is 24.3 Å². The van der Waals surface area contributed by atoms with Crippen LogP contribution in [0.4, 0.5) is 11.5 Å².